The third-order valence-electron chi connectivity index (χ3n) is 4.44. The van der Waals surface area contributed by atoms with Crippen LogP contribution >= 0.6 is 11.8 Å². The average molecular weight is 396 g/mol. The molecule has 6 nitrogen and oxygen atoms in total. The summed E-state index contributed by atoms with van der Waals surface area (Å²) in [6.07, 6.45) is 1.22. The summed E-state index contributed by atoms with van der Waals surface area (Å²) in [6, 6.07) is 12.2. The molecule has 0 bridgehead atoms. The Labute approximate surface area is 169 Å². The Morgan fingerprint density at radius 2 is 1.71 bits per heavy atom. The van der Waals surface area contributed by atoms with Gasteiger partial charge in [-0.05, 0) is 67.8 Å². The van der Waals surface area contributed by atoms with Crippen molar-refractivity contribution in [3.63, 3.8) is 0 Å². The van der Waals surface area contributed by atoms with Crippen LogP contribution in [0.5, 0.6) is 0 Å². The van der Waals surface area contributed by atoms with E-state index in [1.807, 2.05) is 45.0 Å². The van der Waals surface area contributed by atoms with E-state index in [9.17, 15) is 4.79 Å². The van der Waals surface area contributed by atoms with Crippen molar-refractivity contribution in [2.45, 2.75) is 45.7 Å². The van der Waals surface area contributed by atoms with E-state index in [0.29, 0.717) is 6.42 Å². The van der Waals surface area contributed by atoms with Gasteiger partial charge in [-0.1, -0.05) is 47.2 Å². The molecule has 2 aromatic carbocycles. The van der Waals surface area contributed by atoms with Crippen molar-refractivity contribution in [3.8, 4) is 5.69 Å². The molecule has 0 aliphatic rings. The summed E-state index contributed by atoms with van der Waals surface area (Å²) in [5.41, 5.74) is 6.44. The predicted molar refractivity (Wildman–Crippen MR) is 113 cm³/mol. The molecule has 1 heterocycles. The number of amides is 1. The topological polar surface area (TPSA) is 72.7 Å². The Morgan fingerprint density at radius 3 is 2.39 bits per heavy atom. The van der Waals surface area contributed by atoms with Crippen LogP contribution in [0.2, 0.25) is 0 Å². The zero-order chi connectivity index (χ0) is 20.1. The van der Waals surface area contributed by atoms with Crippen LogP contribution < -0.4 is 5.32 Å². The molecule has 3 rings (SSSR count). The minimum Gasteiger partial charge on any atom is -0.326 e. The maximum atomic E-state index is 12.3. The summed E-state index contributed by atoms with van der Waals surface area (Å²) >= 11 is 1.56. The number of hydrogen-bond acceptors (Lipinski definition) is 5. The lowest BCUT2D eigenvalue weighted by atomic mass is 10.0. The first-order valence-corrected chi connectivity index (χ1v) is 10.3. The van der Waals surface area contributed by atoms with Gasteiger partial charge in [0.05, 0.1) is 5.69 Å². The molecule has 0 fully saturated rings. The molecule has 0 saturated carbocycles. The van der Waals surface area contributed by atoms with Crippen molar-refractivity contribution < 1.29 is 4.79 Å². The summed E-state index contributed by atoms with van der Waals surface area (Å²) < 4.78 is 1.73. The first kappa shape index (κ1) is 20.1. The molecule has 3 aromatic rings. The van der Waals surface area contributed by atoms with E-state index in [1.165, 1.54) is 11.1 Å². The van der Waals surface area contributed by atoms with Gasteiger partial charge in [0.25, 0.3) is 0 Å². The lowest BCUT2D eigenvalue weighted by molar-refractivity contribution is -0.116. The molecule has 7 heteroatoms. The molecule has 28 heavy (non-hydrogen) atoms. The Bertz CT molecular complexity index is 942. The van der Waals surface area contributed by atoms with Crippen LogP contribution in [0.15, 0.2) is 41.6 Å². The normalized spacial score (nSPS) is 10.9. The van der Waals surface area contributed by atoms with E-state index in [1.54, 1.807) is 16.4 Å². The van der Waals surface area contributed by atoms with Gasteiger partial charge in [-0.15, -0.1) is 5.10 Å². The SMILES string of the molecule is Cc1ccc(-n2nnnc2SCCCC(=O)Nc2c(C)cc(C)cc2C)cc1. The fraction of sp³-hybridized carbons (Fsp3) is 0.333. The zero-order valence-electron chi connectivity index (χ0n) is 16.7. The number of rotatable bonds is 7. The molecule has 146 valence electrons. The maximum Gasteiger partial charge on any atom is 0.224 e. The molecular formula is C21H25N5OS. The number of carbonyl (C=O) groups is 1. The molecule has 0 unspecified atom stereocenters. The summed E-state index contributed by atoms with van der Waals surface area (Å²) in [7, 11) is 0. The van der Waals surface area contributed by atoms with E-state index in [0.717, 1.165) is 39.8 Å². The van der Waals surface area contributed by atoms with Gasteiger partial charge >= 0.3 is 0 Å². The van der Waals surface area contributed by atoms with E-state index < -0.39 is 0 Å². The van der Waals surface area contributed by atoms with E-state index in [2.05, 4.69) is 39.9 Å². The predicted octanol–water partition coefficient (Wildman–Crippen LogP) is 4.41. The molecule has 0 aliphatic heterocycles. The molecular weight excluding hydrogens is 370 g/mol. The van der Waals surface area contributed by atoms with Crippen LogP contribution in [-0.4, -0.2) is 31.9 Å². The number of nitrogens with one attached hydrogen (secondary N) is 1. The zero-order valence-corrected chi connectivity index (χ0v) is 17.5. The molecule has 0 aliphatic carbocycles. The average Bonchev–Trinajstić information content (AvgIpc) is 3.11. The van der Waals surface area contributed by atoms with E-state index in [-0.39, 0.29) is 5.91 Å². The smallest absolute Gasteiger partial charge is 0.224 e. The molecule has 1 N–H and O–H groups in total. The van der Waals surface area contributed by atoms with Gasteiger partial charge in [0.1, 0.15) is 0 Å². The highest BCUT2D eigenvalue weighted by Gasteiger charge is 2.11. The fourth-order valence-electron chi connectivity index (χ4n) is 3.09. The molecule has 0 atom stereocenters. The highest BCUT2D eigenvalue weighted by atomic mass is 32.2. The number of benzene rings is 2. The Hall–Kier alpha value is -2.67. The van der Waals surface area contributed by atoms with Gasteiger partial charge in [0, 0.05) is 17.9 Å². The van der Waals surface area contributed by atoms with E-state index >= 15 is 0 Å². The first-order valence-electron chi connectivity index (χ1n) is 9.30. The number of nitrogens with zero attached hydrogens (tertiary/aromatic N) is 4. The summed E-state index contributed by atoms with van der Waals surface area (Å²) in [5, 5.41) is 15.7. The van der Waals surface area contributed by atoms with E-state index in [4.69, 9.17) is 0 Å². The molecule has 0 saturated heterocycles. The second-order valence-electron chi connectivity index (χ2n) is 6.98. The van der Waals surface area contributed by atoms with Crippen molar-refractivity contribution >= 4 is 23.4 Å². The van der Waals surface area contributed by atoms with Crippen LogP contribution in [0.1, 0.15) is 35.1 Å². The van der Waals surface area contributed by atoms with Crippen LogP contribution in [0.4, 0.5) is 5.69 Å². The Kier molecular flexibility index (Phi) is 6.46. The third-order valence-corrected chi connectivity index (χ3v) is 5.45. The quantitative estimate of drug-likeness (QED) is 0.474. The fourth-order valence-corrected chi connectivity index (χ4v) is 3.92. The lowest BCUT2D eigenvalue weighted by Gasteiger charge is -2.12. The monoisotopic (exact) mass is 395 g/mol. The molecule has 0 spiro atoms. The van der Waals surface area contributed by atoms with Crippen LogP contribution in [-0.2, 0) is 4.79 Å². The van der Waals surface area contributed by atoms with Crippen molar-refractivity contribution in [2.24, 2.45) is 0 Å². The van der Waals surface area contributed by atoms with Crippen LogP contribution in [0.3, 0.4) is 0 Å². The summed E-state index contributed by atoms with van der Waals surface area (Å²) in [4.78, 5) is 12.3. The van der Waals surface area contributed by atoms with Crippen molar-refractivity contribution in [1.82, 2.24) is 20.2 Å². The van der Waals surface area contributed by atoms with Gasteiger partial charge in [0.2, 0.25) is 11.1 Å². The van der Waals surface area contributed by atoms with Crippen LogP contribution in [0.25, 0.3) is 5.69 Å². The minimum absolute atomic E-state index is 0.0359. The number of anilines is 1. The number of hydrogen-bond donors (Lipinski definition) is 1. The Balaban J connectivity index is 1.51. The number of aromatic nitrogens is 4. The second kappa shape index (κ2) is 9.01. The number of thioether (sulfide) groups is 1. The van der Waals surface area contributed by atoms with Gasteiger partial charge in [0.15, 0.2) is 0 Å². The van der Waals surface area contributed by atoms with Gasteiger partial charge in [-0.25, -0.2) is 0 Å². The number of aryl methyl sites for hydroxylation is 4. The van der Waals surface area contributed by atoms with Crippen molar-refractivity contribution in [2.75, 3.05) is 11.1 Å². The van der Waals surface area contributed by atoms with Crippen molar-refractivity contribution in [3.05, 3.63) is 58.7 Å². The van der Waals surface area contributed by atoms with Crippen LogP contribution in [0, 0.1) is 27.7 Å². The highest BCUT2D eigenvalue weighted by Crippen LogP contribution is 2.23. The summed E-state index contributed by atoms with van der Waals surface area (Å²) in [6.45, 7) is 8.16. The van der Waals surface area contributed by atoms with Gasteiger partial charge < -0.3 is 5.32 Å². The summed E-state index contributed by atoms with van der Waals surface area (Å²) in [5.74, 6) is 0.805. The first-order chi connectivity index (χ1) is 13.4. The highest BCUT2D eigenvalue weighted by molar-refractivity contribution is 7.99. The largest absolute Gasteiger partial charge is 0.326 e. The number of carbonyl (C=O) groups excluding carboxylic acids is 1. The molecule has 1 amide bonds. The lowest BCUT2D eigenvalue weighted by Crippen LogP contribution is -2.13. The van der Waals surface area contributed by atoms with Gasteiger partial charge in [-0.2, -0.15) is 4.68 Å². The number of tetrazole rings is 1. The minimum atomic E-state index is 0.0359. The third kappa shape index (κ3) is 4.98. The molecule has 0 radical (unpaired) electrons. The standard InChI is InChI=1S/C21H25N5OS/c1-14-7-9-18(10-8-14)26-21(23-24-25-26)28-11-5-6-19(27)22-20-16(3)12-15(2)13-17(20)4/h7-10,12-13H,5-6,11H2,1-4H3,(H,22,27). The van der Waals surface area contributed by atoms with Gasteiger partial charge in [-0.3, -0.25) is 4.79 Å². The Morgan fingerprint density at radius 1 is 1.04 bits per heavy atom. The maximum absolute atomic E-state index is 12.3. The van der Waals surface area contributed by atoms with Crippen molar-refractivity contribution in [1.29, 1.82) is 0 Å². The molecule has 1 aromatic heterocycles. The second-order valence-corrected chi connectivity index (χ2v) is 8.04.